The Morgan fingerprint density at radius 1 is 0.600 bits per heavy atom. The fourth-order valence-corrected chi connectivity index (χ4v) is 1.44. The second-order valence-electron chi connectivity index (χ2n) is 4.06. The maximum atomic E-state index is 5.36. The van der Waals surface area contributed by atoms with Crippen molar-refractivity contribution in [2.45, 2.75) is 65.2 Å². The number of hydrogen-bond donors (Lipinski definition) is 0. The van der Waals surface area contributed by atoms with Gasteiger partial charge in [0, 0.05) is 13.2 Å². The van der Waals surface area contributed by atoms with E-state index in [0.717, 1.165) is 13.2 Å². The highest BCUT2D eigenvalue weighted by Gasteiger charge is 1.91. The van der Waals surface area contributed by atoms with Crippen molar-refractivity contribution >= 4 is 0 Å². The molecule has 15 heavy (non-hydrogen) atoms. The van der Waals surface area contributed by atoms with E-state index in [9.17, 15) is 0 Å². The van der Waals surface area contributed by atoms with E-state index in [4.69, 9.17) is 9.47 Å². The molecule has 0 saturated carbocycles. The SMILES string of the molecule is CCCCCCOCOCCCCCC. The normalized spacial score (nSPS) is 10.8. The number of rotatable bonds is 12. The van der Waals surface area contributed by atoms with Gasteiger partial charge in [-0.25, -0.2) is 0 Å². The third-order valence-corrected chi connectivity index (χ3v) is 2.45. The number of hydrogen-bond acceptors (Lipinski definition) is 2. The minimum absolute atomic E-state index is 0.484. The highest BCUT2D eigenvalue weighted by atomic mass is 16.7. The summed E-state index contributed by atoms with van der Waals surface area (Å²) in [6, 6.07) is 0. The molecule has 0 radical (unpaired) electrons. The lowest BCUT2D eigenvalue weighted by Crippen LogP contribution is -2.02. The third kappa shape index (κ3) is 13.9. The number of ether oxygens (including phenoxy) is 2. The van der Waals surface area contributed by atoms with Gasteiger partial charge in [0.1, 0.15) is 6.79 Å². The Balaban J connectivity index is 2.81. The molecule has 0 fully saturated rings. The molecule has 0 saturated heterocycles. The van der Waals surface area contributed by atoms with Crippen molar-refractivity contribution in [2.75, 3.05) is 20.0 Å². The highest BCUT2D eigenvalue weighted by Crippen LogP contribution is 2.00. The smallest absolute Gasteiger partial charge is 0.146 e. The summed E-state index contributed by atoms with van der Waals surface area (Å²) < 4.78 is 10.7. The van der Waals surface area contributed by atoms with E-state index < -0.39 is 0 Å². The monoisotopic (exact) mass is 216 g/mol. The van der Waals surface area contributed by atoms with Crippen molar-refractivity contribution in [3.8, 4) is 0 Å². The molecular weight excluding hydrogens is 188 g/mol. The van der Waals surface area contributed by atoms with Crippen LogP contribution in [0.5, 0.6) is 0 Å². The van der Waals surface area contributed by atoms with Gasteiger partial charge in [-0.3, -0.25) is 0 Å². The lowest BCUT2D eigenvalue weighted by molar-refractivity contribution is -0.0555. The van der Waals surface area contributed by atoms with Crippen LogP contribution < -0.4 is 0 Å². The Labute approximate surface area is 95.3 Å². The summed E-state index contributed by atoms with van der Waals surface area (Å²) in [6.07, 6.45) is 10.1. The van der Waals surface area contributed by atoms with Gasteiger partial charge in [-0.1, -0.05) is 52.4 Å². The van der Waals surface area contributed by atoms with Crippen molar-refractivity contribution < 1.29 is 9.47 Å². The molecule has 2 nitrogen and oxygen atoms in total. The van der Waals surface area contributed by atoms with Crippen molar-refractivity contribution in [1.29, 1.82) is 0 Å². The molecule has 2 heteroatoms. The second-order valence-corrected chi connectivity index (χ2v) is 4.06. The Morgan fingerprint density at radius 2 is 1.07 bits per heavy atom. The predicted octanol–water partition coefficient (Wildman–Crippen LogP) is 4.14. The van der Waals surface area contributed by atoms with Crippen LogP contribution in [0.1, 0.15) is 65.2 Å². The van der Waals surface area contributed by atoms with Gasteiger partial charge in [0.05, 0.1) is 0 Å². The molecule has 0 bridgehead atoms. The third-order valence-electron chi connectivity index (χ3n) is 2.45. The standard InChI is InChI=1S/C13H28O2/c1-3-5-7-9-11-14-13-15-12-10-8-6-4-2/h3-13H2,1-2H3. The van der Waals surface area contributed by atoms with E-state index in [0.29, 0.717) is 6.79 Å². The minimum atomic E-state index is 0.484. The molecular formula is C13H28O2. The minimum Gasteiger partial charge on any atom is -0.355 e. The topological polar surface area (TPSA) is 18.5 Å². The first-order chi connectivity index (χ1) is 7.41. The van der Waals surface area contributed by atoms with E-state index in [2.05, 4.69) is 13.8 Å². The average molecular weight is 216 g/mol. The Morgan fingerprint density at radius 3 is 1.47 bits per heavy atom. The van der Waals surface area contributed by atoms with Crippen LogP contribution >= 0.6 is 0 Å². The second kappa shape index (κ2) is 13.9. The molecule has 0 aromatic heterocycles. The zero-order valence-corrected chi connectivity index (χ0v) is 10.6. The van der Waals surface area contributed by atoms with E-state index in [1.54, 1.807) is 0 Å². The molecule has 0 aliphatic heterocycles. The molecule has 0 N–H and O–H groups in total. The summed E-state index contributed by atoms with van der Waals surface area (Å²) >= 11 is 0. The van der Waals surface area contributed by atoms with Crippen molar-refractivity contribution in [3.05, 3.63) is 0 Å². The molecule has 0 unspecified atom stereocenters. The summed E-state index contributed by atoms with van der Waals surface area (Å²) in [7, 11) is 0. The van der Waals surface area contributed by atoms with Gasteiger partial charge in [-0.05, 0) is 12.8 Å². The van der Waals surface area contributed by atoms with Crippen LogP contribution in [0.25, 0.3) is 0 Å². The molecule has 0 aromatic carbocycles. The van der Waals surface area contributed by atoms with Gasteiger partial charge in [-0.2, -0.15) is 0 Å². The van der Waals surface area contributed by atoms with Crippen LogP contribution in [0.4, 0.5) is 0 Å². The quantitative estimate of drug-likeness (QED) is 0.360. The summed E-state index contributed by atoms with van der Waals surface area (Å²) in [4.78, 5) is 0. The highest BCUT2D eigenvalue weighted by molar-refractivity contribution is 4.39. The van der Waals surface area contributed by atoms with Crippen LogP contribution in [0.15, 0.2) is 0 Å². The van der Waals surface area contributed by atoms with Crippen molar-refractivity contribution in [3.63, 3.8) is 0 Å². The van der Waals surface area contributed by atoms with Crippen LogP contribution in [0.2, 0.25) is 0 Å². The van der Waals surface area contributed by atoms with Crippen LogP contribution in [-0.2, 0) is 9.47 Å². The van der Waals surface area contributed by atoms with Gasteiger partial charge in [-0.15, -0.1) is 0 Å². The first-order valence-corrected chi connectivity index (χ1v) is 6.57. The molecule has 0 rings (SSSR count). The summed E-state index contributed by atoms with van der Waals surface area (Å²) in [5.74, 6) is 0. The molecule has 0 amide bonds. The zero-order valence-electron chi connectivity index (χ0n) is 10.6. The van der Waals surface area contributed by atoms with Crippen LogP contribution in [0.3, 0.4) is 0 Å². The summed E-state index contributed by atoms with van der Waals surface area (Å²) in [5.41, 5.74) is 0. The Bertz CT molecular complexity index is 92.7. The lowest BCUT2D eigenvalue weighted by Gasteiger charge is -2.05. The van der Waals surface area contributed by atoms with Crippen molar-refractivity contribution in [1.82, 2.24) is 0 Å². The van der Waals surface area contributed by atoms with Gasteiger partial charge in [0.2, 0.25) is 0 Å². The first kappa shape index (κ1) is 14.9. The van der Waals surface area contributed by atoms with E-state index in [1.165, 1.54) is 51.4 Å². The van der Waals surface area contributed by atoms with Crippen LogP contribution in [0, 0.1) is 0 Å². The summed E-state index contributed by atoms with van der Waals surface area (Å²) in [6.45, 7) is 6.64. The van der Waals surface area contributed by atoms with Gasteiger partial charge in [0.25, 0.3) is 0 Å². The largest absolute Gasteiger partial charge is 0.355 e. The summed E-state index contributed by atoms with van der Waals surface area (Å²) in [5, 5.41) is 0. The fourth-order valence-electron chi connectivity index (χ4n) is 1.44. The van der Waals surface area contributed by atoms with Gasteiger partial charge in [0.15, 0.2) is 0 Å². The molecule has 0 spiro atoms. The molecule has 0 atom stereocenters. The molecule has 0 heterocycles. The van der Waals surface area contributed by atoms with Crippen molar-refractivity contribution in [2.24, 2.45) is 0 Å². The van der Waals surface area contributed by atoms with E-state index in [1.807, 2.05) is 0 Å². The zero-order chi connectivity index (χ0) is 11.2. The predicted molar refractivity (Wildman–Crippen MR) is 65.1 cm³/mol. The van der Waals surface area contributed by atoms with E-state index >= 15 is 0 Å². The lowest BCUT2D eigenvalue weighted by atomic mass is 10.2. The molecule has 0 aliphatic rings. The average Bonchev–Trinajstić information content (AvgIpc) is 2.26. The Kier molecular flexibility index (Phi) is 13.8. The first-order valence-electron chi connectivity index (χ1n) is 6.57. The van der Waals surface area contributed by atoms with E-state index in [-0.39, 0.29) is 0 Å². The maximum absolute atomic E-state index is 5.36. The molecule has 0 aromatic rings. The fraction of sp³-hybridized carbons (Fsp3) is 1.00. The Hall–Kier alpha value is -0.0800. The van der Waals surface area contributed by atoms with Gasteiger partial charge >= 0.3 is 0 Å². The van der Waals surface area contributed by atoms with Crippen LogP contribution in [-0.4, -0.2) is 20.0 Å². The van der Waals surface area contributed by atoms with Gasteiger partial charge < -0.3 is 9.47 Å². The molecule has 0 aliphatic carbocycles. The molecule has 92 valence electrons. The maximum Gasteiger partial charge on any atom is 0.146 e. The number of unbranched alkanes of at least 4 members (excludes halogenated alkanes) is 6.